The van der Waals surface area contributed by atoms with E-state index in [1.165, 1.54) is 0 Å². The predicted octanol–water partition coefficient (Wildman–Crippen LogP) is 5.75. The predicted molar refractivity (Wildman–Crippen MR) is 133 cm³/mol. The molecule has 0 aliphatic heterocycles. The summed E-state index contributed by atoms with van der Waals surface area (Å²) in [5.74, 6) is -0.272. The minimum Gasteiger partial charge on any atom is -0.481 e. The van der Waals surface area contributed by atoms with Crippen LogP contribution in [-0.4, -0.2) is 22.3 Å². The van der Waals surface area contributed by atoms with Crippen molar-refractivity contribution in [1.82, 2.24) is 10.5 Å². The number of rotatable bonds is 7. The summed E-state index contributed by atoms with van der Waals surface area (Å²) in [6.07, 6.45) is 1.38. The van der Waals surface area contributed by atoms with Crippen LogP contribution in [0, 0.1) is 6.92 Å². The van der Waals surface area contributed by atoms with Crippen LogP contribution >= 0.6 is 0 Å². The zero-order valence-electron chi connectivity index (χ0n) is 19.2. The number of urea groups is 1. The minimum atomic E-state index is -0.755. The Kier molecular flexibility index (Phi) is 5.82. The van der Waals surface area contributed by atoms with Crippen molar-refractivity contribution in [1.29, 1.82) is 0 Å². The lowest BCUT2D eigenvalue weighted by Gasteiger charge is -2.11. The van der Waals surface area contributed by atoms with E-state index >= 15 is 0 Å². The van der Waals surface area contributed by atoms with E-state index in [-0.39, 0.29) is 6.03 Å². The number of nitrogens with zero attached hydrogens (tertiary/aromatic N) is 1. The quantitative estimate of drug-likeness (QED) is 0.321. The van der Waals surface area contributed by atoms with Gasteiger partial charge < -0.3 is 20.3 Å². The van der Waals surface area contributed by atoms with E-state index in [1.807, 2.05) is 78.9 Å². The Morgan fingerprint density at radius 2 is 1.51 bits per heavy atom. The molecule has 1 aromatic heterocycles. The molecule has 3 N–H and O–H groups in total. The first-order valence-corrected chi connectivity index (χ1v) is 11.5. The Hall–Kier alpha value is -4.39. The van der Waals surface area contributed by atoms with Crippen LogP contribution in [0.15, 0.2) is 83.4 Å². The fourth-order valence-corrected chi connectivity index (χ4v) is 4.20. The molecule has 2 amide bonds. The van der Waals surface area contributed by atoms with E-state index < -0.39 is 11.4 Å². The molecular weight excluding hydrogens is 442 g/mol. The molecule has 0 saturated heterocycles. The van der Waals surface area contributed by atoms with E-state index in [1.54, 1.807) is 6.92 Å². The maximum absolute atomic E-state index is 12.5. The van der Waals surface area contributed by atoms with Gasteiger partial charge in [-0.15, -0.1) is 0 Å². The van der Waals surface area contributed by atoms with E-state index in [0.29, 0.717) is 36.5 Å². The number of aliphatic carboxylic acids is 1. The monoisotopic (exact) mass is 467 g/mol. The van der Waals surface area contributed by atoms with Gasteiger partial charge in [-0.05, 0) is 42.0 Å². The van der Waals surface area contributed by atoms with Gasteiger partial charge in [-0.1, -0.05) is 84.0 Å². The van der Waals surface area contributed by atoms with E-state index in [0.717, 1.165) is 27.8 Å². The number of carboxylic acid groups (broad SMARTS) is 1. The highest BCUT2D eigenvalue weighted by Gasteiger charge is 2.51. The summed E-state index contributed by atoms with van der Waals surface area (Å²) in [5.41, 5.74) is 5.03. The molecule has 1 fully saturated rings. The average Bonchev–Trinajstić information content (AvgIpc) is 3.63. The van der Waals surface area contributed by atoms with Crippen LogP contribution in [0.2, 0.25) is 0 Å². The minimum absolute atomic E-state index is 0.340. The number of benzene rings is 3. The van der Waals surface area contributed by atoms with Crippen LogP contribution in [0.25, 0.3) is 22.5 Å². The number of aromatic nitrogens is 1. The van der Waals surface area contributed by atoms with Crippen LogP contribution in [0.4, 0.5) is 10.5 Å². The number of hydrogen-bond acceptors (Lipinski definition) is 4. The lowest BCUT2D eigenvalue weighted by atomic mass is 9.93. The number of anilines is 1. The molecule has 1 heterocycles. The van der Waals surface area contributed by atoms with Gasteiger partial charge in [0, 0.05) is 12.1 Å². The first-order chi connectivity index (χ1) is 17.0. The van der Waals surface area contributed by atoms with Crippen LogP contribution in [-0.2, 0) is 16.8 Å². The van der Waals surface area contributed by atoms with Crippen LogP contribution < -0.4 is 10.6 Å². The fourth-order valence-electron chi connectivity index (χ4n) is 4.20. The largest absolute Gasteiger partial charge is 0.481 e. The first kappa shape index (κ1) is 22.4. The van der Waals surface area contributed by atoms with Gasteiger partial charge in [-0.25, -0.2) is 4.79 Å². The second-order valence-corrected chi connectivity index (χ2v) is 8.81. The molecule has 7 heteroatoms. The van der Waals surface area contributed by atoms with Crippen molar-refractivity contribution in [2.24, 2.45) is 0 Å². The number of carbonyl (C=O) groups is 2. The van der Waals surface area contributed by atoms with Crippen molar-refractivity contribution < 1.29 is 19.2 Å². The first-order valence-electron chi connectivity index (χ1n) is 11.5. The normalized spacial score (nSPS) is 13.7. The lowest BCUT2D eigenvalue weighted by molar-refractivity contribution is -0.140. The molecule has 1 aliphatic carbocycles. The summed E-state index contributed by atoms with van der Waals surface area (Å²) in [6, 6.07) is 24.8. The third kappa shape index (κ3) is 4.53. The molecule has 35 heavy (non-hydrogen) atoms. The summed E-state index contributed by atoms with van der Waals surface area (Å²) in [4.78, 5) is 24.0. The van der Waals surface area contributed by atoms with E-state index in [9.17, 15) is 14.7 Å². The molecule has 4 aromatic rings. The molecule has 0 spiro atoms. The van der Waals surface area contributed by atoms with E-state index in [4.69, 9.17) is 4.52 Å². The Morgan fingerprint density at radius 3 is 2.11 bits per heavy atom. The Bertz CT molecular complexity index is 1360. The maximum Gasteiger partial charge on any atom is 0.319 e. The number of nitrogens with one attached hydrogen (secondary N) is 2. The van der Waals surface area contributed by atoms with Crippen molar-refractivity contribution in [3.8, 4) is 22.5 Å². The van der Waals surface area contributed by atoms with Gasteiger partial charge in [-0.2, -0.15) is 0 Å². The van der Waals surface area contributed by atoms with Crippen LogP contribution in [0.3, 0.4) is 0 Å². The molecule has 1 saturated carbocycles. The highest BCUT2D eigenvalue weighted by molar-refractivity contribution is 5.94. The third-order valence-corrected chi connectivity index (χ3v) is 6.47. The van der Waals surface area contributed by atoms with Gasteiger partial charge in [-0.3, -0.25) is 4.79 Å². The summed E-state index contributed by atoms with van der Waals surface area (Å²) in [5, 5.41) is 19.2. The Labute approximate surface area is 202 Å². The van der Waals surface area contributed by atoms with Crippen molar-refractivity contribution in [2.75, 3.05) is 5.32 Å². The third-order valence-electron chi connectivity index (χ3n) is 6.47. The second kappa shape index (κ2) is 9.10. The lowest BCUT2D eigenvalue weighted by Crippen LogP contribution is -2.28. The van der Waals surface area contributed by atoms with Crippen molar-refractivity contribution >= 4 is 17.7 Å². The fraction of sp³-hybridized carbons (Fsp3) is 0.179. The van der Waals surface area contributed by atoms with Crippen molar-refractivity contribution in [3.63, 3.8) is 0 Å². The van der Waals surface area contributed by atoms with Crippen molar-refractivity contribution in [3.05, 3.63) is 95.7 Å². The van der Waals surface area contributed by atoms with E-state index in [2.05, 4.69) is 15.8 Å². The molecular formula is C28H25N3O4. The van der Waals surface area contributed by atoms with Gasteiger partial charge in [0.1, 0.15) is 11.4 Å². The number of amides is 2. The summed E-state index contributed by atoms with van der Waals surface area (Å²) in [6.45, 7) is 2.19. The summed E-state index contributed by atoms with van der Waals surface area (Å²) >= 11 is 0. The van der Waals surface area contributed by atoms with Gasteiger partial charge in [0.25, 0.3) is 0 Å². The Morgan fingerprint density at radius 1 is 0.914 bits per heavy atom. The standard InChI is InChI=1S/C28H25N3O4/c1-18-24(30-27(34)29-17-19-5-3-2-4-6-19)25(35-31-18)22-9-7-20(8-10-22)21-11-13-23(14-12-21)28(15-16-28)26(32)33/h2-14H,15-17H2,1H3,(H,32,33)(H2,29,30,34). The van der Waals surface area contributed by atoms with Gasteiger partial charge in [0.15, 0.2) is 5.76 Å². The average molecular weight is 468 g/mol. The number of carboxylic acids is 1. The summed E-state index contributed by atoms with van der Waals surface area (Å²) in [7, 11) is 0. The van der Waals surface area contributed by atoms with Crippen LogP contribution in [0.5, 0.6) is 0 Å². The molecule has 5 rings (SSSR count). The SMILES string of the molecule is Cc1noc(-c2ccc(-c3ccc(C4(C(=O)O)CC4)cc3)cc2)c1NC(=O)NCc1ccccc1. The molecule has 3 aromatic carbocycles. The zero-order chi connectivity index (χ0) is 24.4. The van der Waals surface area contributed by atoms with Crippen molar-refractivity contribution in [2.45, 2.75) is 31.7 Å². The number of aryl methyl sites for hydroxylation is 1. The topological polar surface area (TPSA) is 104 Å². The second-order valence-electron chi connectivity index (χ2n) is 8.81. The smallest absolute Gasteiger partial charge is 0.319 e. The van der Waals surface area contributed by atoms with Gasteiger partial charge >= 0.3 is 12.0 Å². The molecule has 1 aliphatic rings. The van der Waals surface area contributed by atoms with Gasteiger partial charge in [0.05, 0.1) is 5.41 Å². The van der Waals surface area contributed by atoms with Gasteiger partial charge in [0.2, 0.25) is 0 Å². The molecule has 0 unspecified atom stereocenters. The zero-order valence-corrected chi connectivity index (χ0v) is 19.2. The highest BCUT2D eigenvalue weighted by atomic mass is 16.5. The summed E-state index contributed by atoms with van der Waals surface area (Å²) < 4.78 is 5.53. The maximum atomic E-state index is 12.5. The molecule has 176 valence electrons. The molecule has 0 bridgehead atoms. The Balaban J connectivity index is 1.29. The number of hydrogen-bond donors (Lipinski definition) is 3. The molecule has 0 atom stereocenters. The molecule has 7 nitrogen and oxygen atoms in total. The highest BCUT2D eigenvalue weighted by Crippen LogP contribution is 2.48. The van der Waals surface area contributed by atoms with Crippen LogP contribution in [0.1, 0.15) is 29.7 Å². The number of carbonyl (C=O) groups excluding carboxylic acids is 1. The molecule has 0 radical (unpaired) electrons.